The maximum Gasteiger partial charge on any atom is 0.315 e. The number of urea groups is 1. The summed E-state index contributed by atoms with van der Waals surface area (Å²) in [6.07, 6.45) is 1.83. The van der Waals surface area contributed by atoms with Crippen LogP contribution in [0, 0.1) is 0 Å². The third-order valence-corrected chi connectivity index (χ3v) is 2.91. The fraction of sp³-hybridized carbons (Fsp3) is 0.500. The molecule has 17 heavy (non-hydrogen) atoms. The Bertz CT molecular complexity index is 337. The summed E-state index contributed by atoms with van der Waals surface area (Å²) < 4.78 is 0. The molecule has 0 aliphatic carbocycles. The Morgan fingerprint density at radius 2 is 1.76 bits per heavy atom. The summed E-state index contributed by atoms with van der Waals surface area (Å²) in [5, 5.41) is 5.91. The van der Waals surface area contributed by atoms with Crippen LogP contribution < -0.4 is 10.6 Å². The molecule has 0 fully saturated rings. The molecule has 0 aliphatic heterocycles. The fourth-order valence-corrected chi connectivity index (χ4v) is 1.63. The van der Waals surface area contributed by atoms with Gasteiger partial charge in [-0.1, -0.05) is 44.2 Å². The molecule has 3 heteroatoms. The van der Waals surface area contributed by atoms with Gasteiger partial charge in [0.15, 0.2) is 0 Å². The lowest BCUT2D eigenvalue weighted by atomic mass is 10.1. The Labute approximate surface area is 104 Å². The summed E-state index contributed by atoms with van der Waals surface area (Å²) in [6, 6.07) is 10.3. The molecule has 0 aliphatic rings. The summed E-state index contributed by atoms with van der Waals surface area (Å²) in [5.74, 6) is 0. The summed E-state index contributed by atoms with van der Waals surface area (Å²) in [7, 11) is 0. The van der Waals surface area contributed by atoms with Gasteiger partial charge >= 0.3 is 6.03 Å². The van der Waals surface area contributed by atoms with Crippen LogP contribution in [0.3, 0.4) is 0 Å². The van der Waals surface area contributed by atoms with Gasteiger partial charge in [-0.25, -0.2) is 4.79 Å². The third kappa shape index (κ3) is 4.47. The number of hydrogen-bond donors (Lipinski definition) is 2. The molecule has 0 bridgehead atoms. The van der Waals surface area contributed by atoms with Crippen LogP contribution in [0.1, 0.15) is 45.2 Å². The lowest BCUT2D eigenvalue weighted by molar-refractivity contribution is 0.233. The number of rotatable bonds is 5. The lowest BCUT2D eigenvalue weighted by Crippen LogP contribution is -2.42. The first-order valence-electron chi connectivity index (χ1n) is 6.29. The van der Waals surface area contributed by atoms with Crippen molar-refractivity contribution in [1.82, 2.24) is 10.6 Å². The van der Waals surface area contributed by atoms with Gasteiger partial charge in [0.1, 0.15) is 0 Å². The number of benzene rings is 1. The maximum atomic E-state index is 11.7. The third-order valence-electron chi connectivity index (χ3n) is 2.91. The topological polar surface area (TPSA) is 41.1 Å². The molecule has 0 saturated carbocycles. The van der Waals surface area contributed by atoms with Gasteiger partial charge in [-0.05, 0) is 25.3 Å². The summed E-state index contributed by atoms with van der Waals surface area (Å²) in [5.41, 5.74) is 1.15. The molecule has 0 spiro atoms. The smallest absolute Gasteiger partial charge is 0.315 e. The van der Waals surface area contributed by atoms with Crippen LogP contribution in [-0.4, -0.2) is 12.1 Å². The van der Waals surface area contributed by atoms with Crippen molar-refractivity contribution in [2.75, 3.05) is 0 Å². The van der Waals surface area contributed by atoms with E-state index in [1.807, 2.05) is 37.3 Å². The number of hydrogen-bond acceptors (Lipinski definition) is 1. The van der Waals surface area contributed by atoms with E-state index >= 15 is 0 Å². The Kier molecular flexibility index (Phi) is 5.53. The first-order chi connectivity index (χ1) is 8.17. The molecule has 1 rings (SSSR count). The van der Waals surface area contributed by atoms with Crippen LogP contribution >= 0.6 is 0 Å². The van der Waals surface area contributed by atoms with Crippen LogP contribution in [0.2, 0.25) is 0 Å². The van der Waals surface area contributed by atoms with E-state index in [4.69, 9.17) is 0 Å². The molecule has 0 aromatic heterocycles. The predicted octanol–water partition coefficient (Wildman–Crippen LogP) is 3.24. The highest BCUT2D eigenvalue weighted by atomic mass is 16.2. The van der Waals surface area contributed by atoms with Crippen molar-refractivity contribution in [2.24, 2.45) is 0 Å². The van der Waals surface area contributed by atoms with E-state index < -0.39 is 0 Å². The van der Waals surface area contributed by atoms with E-state index in [2.05, 4.69) is 24.5 Å². The number of amides is 2. The van der Waals surface area contributed by atoms with Crippen molar-refractivity contribution >= 4 is 6.03 Å². The van der Waals surface area contributed by atoms with Crippen LogP contribution in [-0.2, 0) is 0 Å². The highest BCUT2D eigenvalue weighted by Crippen LogP contribution is 2.15. The van der Waals surface area contributed by atoms with Crippen molar-refractivity contribution < 1.29 is 4.79 Å². The van der Waals surface area contributed by atoms with E-state index in [1.54, 1.807) is 0 Å². The van der Waals surface area contributed by atoms with Gasteiger partial charge in [-0.2, -0.15) is 0 Å². The van der Waals surface area contributed by atoms with Gasteiger partial charge in [-0.15, -0.1) is 0 Å². The molecular formula is C14H22N2O. The maximum absolute atomic E-state index is 11.7. The summed E-state index contributed by atoms with van der Waals surface area (Å²) >= 11 is 0. The second kappa shape index (κ2) is 6.94. The van der Waals surface area contributed by atoms with Gasteiger partial charge in [0.25, 0.3) is 0 Å². The normalized spacial score (nSPS) is 13.8. The monoisotopic (exact) mass is 234 g/mol. The van der Waals surface area contributed by atoms with Crippen molar-refractivity contribution in [3.8, 4) is 0 Å². The van der Waals surface area contributed by atoms with E-state index in [0.29, 0.717) is 0 Å². The second-order valence-electron chi connectivity index (χ2n) is 4.30. The molecule has 0 heterocycles. The van der Waals surface area contributed by atoms with Crippen molar-refractivity contribution in [1.29, 1.82) is 0 Å². The average molecular weight is 234 g/mol. The van der Waals surface area contributed by atoms with Crippen molar-refractivity contribution in [3.05, 3.63) is 35.9 Å². The molecule has 2 N–H and O–H groups in total. The van der Waals surface area contributed by atoms with E-state index in [9.17, 15) is 4.79 Å². The summed E-state index contributed by atoms with van der Waals surface area (Å²) in [6.45, 7) is 6.13. The highest BCUT2D eigenvalue weighted by molar-refractivity contribution is 5.74. The van der Waals surface area contributed by atoms with Gasteiger partial charge in [0.2, 0.25) is 0 Å². The number of carbonyl (C=O) groups is 1. The van der Waals surface area contributed by atoms with E-state index in [0.717, 1.165) is 18.4 Å². The molecule has 2 amide bonds. The van der Waals surface area contributed by atoms with Crippen molar-refractivity contribution in [3.63, 3.8) is 0 Å². The predicted molar refractivity (Wildman–Crippen MR) is 70.9 cm³/mol. The SMILES string of the molecule is CC[C@@H](C)NC(=O)N[C@H](CC)c1ccccc1. The summed E-state index contributed by atoms with van der Waals surface area (Å²) in [4.78, 5) is 11.7. The molecule has 3 nitrogen and oxygen atoms in total. The standard InChI is InChI=1S/C14H22N2O/c1-4-11(3)15-14(17)16-13(5-2)12-9-7-6-8-10-12/h6-11,13H,4-5H2,1-3H3,(H2,15,16,17)/t11-,13-/m1/s1. The van der Waals surface area contributed by atoms with Crippen LogP contribution in [0.4, 0.5) is 4.79 Å². The van der Waals surface area contributed by atoms with Crippen LogP contribution in [0.15, 0.2) is 30.3 Å². The Morgan fingerprint density at radius 3 is 2.29 bits per heavy atom. The minimum Gasteiger partial charge on any atom is -0.336 e. The molecule has 0 unspecified atom stereocenters. The van der Waals surface area contributed by atoms with Gasteiger partial charge < -0.3 is 10.6 Å². The largest absolute Gasteiger partial charge is 0.336 e. The molecule has 1 aromatic rings. The van der Waals surface area contributed by atoms with Crippen LogP contribution in [0.25, 0.3) is 0 Å². The minimum atomic E-state index is -0.0879. The zero-order chi connectivity index (χ0) is 12.7. The lowest BCUT2D eigenvalue weighted by Gasteiger charge is -2.19. The molecule has 2 atom stereocenters. The quantitative estimate of drug-likeness (QED) is 0.807. The second-order valence-corrected chi connectivity index (χ2v) is 4.30. The Morgan fingerprint density at radius 1 is 1.12 bits per heavy atom. The first-order valence-corrected chi connectivity index (χ1v) is 6.29. The van der Waals surface area contributed by atoms with Gasteiger partial charge in [0.05, 0.1) is 6.04 Å². The molecule has 1 aromatic carbocycles. The van der Waals surface area contributed by atoms with Gasteiger partial charge in [-0.3, -0.25) is 0 Å². The van der Waals surface area contributed by atoms with Crippen LogP contribution in [0.5, 0.6) is 0 Å². The Hall–Kier alpha value is -1.51. The van der Waals surface area contributed by atoms with E-state index in [1.165, 1.54) is 0 Å². The number of nitrogens with one attached hydrogen (secondary N) is 2. The Balaban J connectivity index is 2.56. The van der Waals surface area contributed by atoms with Gasteiger partial charge in [0, 0.05) is 6.04 Å². The molecule has 94 valence electrons. The average Bonchev–Trinajstić information content (AvgIpc) is 2.36. The van der Waals surface area contributed by atoms with Crippen molar-refractivity contribution in [2.45, 2.75) is 45.7 Å². The molecular weight excluding hydrogens is 212 g/mol. The fourth-order valence-electron chi connectivity index (χ4n) is 1.63. The zero-order valence-corrected chi connectivity index (χ0v) is 10.9. The zero-order valence-electron chi connectivity index (χ0n) is 10.9. The van der Waals surface area contributed by atoms with E-state index in [-0.39, 0.29) is 18.1 Å². The highest BCUT2D eigenvalue weighted by Gasteiger charge is 2.12. The molecule has 0 saturated heterocycles. The molecule has 0 radical (unpaired) electrons. The number of carbonyl (C=O) groups excluding carboxylic acids is 1. The minimum absolute atomic E-state index is 0.0836. The first kappa shape index (κ1) is 13.6.